The summed E-state index contributed by atoms with van der Waals surface area (Å²) >= 11 is 0. The van der Waals surface area contributed by atoms with Crippen molar-refractivity contribution in [1.29, 1.82) is 0 Å². The van der Waals surface area contributed by atoms with Crippen molar-refractivity contribution < 1.29 is 9.53 Å². The number of amides is 1. The van der Waals surface area contributed by atoms with Crippen molar-refractivity contribution in [3.05, 3.63) is 0 Å². The van der Waals surface area contributed by atoms with Gasteiger partial charge in [-0.3, -0.25) is 9.69 Å². The molecular formula is C18H32N2O2. The normalized spacial score (nSPS) is 38.8. The molecule has 0 aromatic heterocycles. The van der Waals surface area contributed by atoms with Crippen molar-refractivity contribution in [1.82, 2.24) is 4.90 Å². The van der Waals surface area contributed by atoms with Gasteiger partial charge in [0.2, 0.25) is 5.91 Å². The minimum Gasteiger partial charge on any atom is -0.379 e. The summed E-state index contributed by atoms with van der Waals surface area (Å²) in [7, 11) is 0. The van der Waals surface area contributed by atoms with Crippen molar-refractivity contribution in [2.45, 2.75) is 70.3 Å². The molecule has 2 N–H and O–H groups in total. The lowest BCUT2D eigenvalue weighted by molar-refractivity contribution is -0.162. The summed E-state index contributed by atoms with van der Waals surface area (Å²) in [5.74, 6) is 0.543. The number of carbonyl (C=O) groups excluding carboxylic acids is 1. The Morgan fingerprint density at radius 1 is 1.05 bits per heavy atom. The molecule has 4 nitrogen and oxygen atoms in total. The van der Waals surface area contributed by atoms with E-state index < -0.39 is 0 Å². The van der Waals surface area contributed by atoms with Gasteiger partial charge in [-0.25, -0.2) is 0 Å². The van der Waals surface area contributed by atoms with Crippen LogP contribution in [0.2, 0.25) is 0 Å². The van der Waals surface area contributed by atoms with E-state index in [1.54, 1.807) is 0 Å². The molecule has 1 heterocycles. The molecule has 0 aromatic carbocycles. The monoisotopic (exact) mass is 308 g/mol. The second kappa shape index (κ2) is 6.48. The number of rotatable bonds is 3. The Labute approximate surface area is 134 Å². The lowest BCUT2D eigenvalue weighted by Gasteiger charge is -2.61. The highest BCUT2D eigenvalue weighted by molar-refractivity contribution is 5.82. The van der Waals surface area contributed by atoms with Gasteiger partial charge in [0.25, 0.3) is 0 Å². The van der Waals surface area contributed by atoms with Gasteiger partial charge < -0.3 is 10.5 Å². The predicted octanol–water partition coefficient (Wildman–Crippen LogP) is 2.70. The quantitative estimate of drug-likeness (QED) is 0.872. The second-order valence-corrected chi connectivity index (χ2v) is 7.76. The van der Waals surface area contributed by atoms with Gasteiger partial charge in [-0.1, -0.05) is 32.1 Å². The Balaban J connectivity index is 2.01. The van der Waals surface area contributed by atoms with Gasteiger partial charge in [0.1, 0.15) is 0 Å². The molecule has 0 spiro atoms. The number of nitrogens with two attached hydrogens (primary N) is 1. The molecule has 0 bridgehead atoms. The molecule has 1 amide bonds. The Bertz CT molecular complexity index is 382. The van der Waals surface area contributed by atoms with Crippen LogP contribution in [0, 0.1) is 11.3 Å². The van der Waals surface area contributed by atoms with Crippen LogP contribution in [0.15, 0.2) is 0 Å². The van der Waals surface area contributed by atoms with E-state index in [-0.39, 0.29) is 16.9 Å². The van der Waals surface area contributed by atoms with Gasteiger partial charge in [-0.2, -0.15) is 0 Å². The maximum atomic E-state index is 12.5. The van der Waals surface area contributed by atoms with Crippen molar-refractivity contribution in [3.8, 4) is 0 Å². The molecule has 126 valence electrons. The molecule has 3 rings (SSSR count). The van der Waals surface area contributed by atoms with E-state index in [9.17, 15) is 4.79 Å². The topological polar surface area (TPSA) is 55.6 Å². The number of ether oxygens (including phenoxy) is 1. The molecular weight excluding hydrogens is 276 g/mol. The summed E-state index contributed by atoms with van der Waals surface area (Å²) in [6, 6.07) is 0. The highest BCUT2D eigenvalue weighted by Gasteiger charge is 2.59. The maximum Gasteiger partial charge on any atom is 0.225 e. The molecule has 2 unspecified atom stereocenters. The summed E-state index contributed by atoms with van der Waals surface area (Å²) in [5.41, 5.74) is 5.58. The van der Waals surface area contributed by atoms with E-state index in [0.29, 0.717) is 5.92 Å². The summed E-state index contributed by atoms with van der Waals surface area (Å²) in [4.78, 5) is 15.1. The van der Waals surface area contributed by atoms with E-state index in [0.717, 1.165) is 45.6 Å². The fourth-order valence-corrected chi connectivity index (χ4v) is 5.66. The van der Waals surface area contributed by atoms with Crippen LogP contribution in [-0.2, 0) is 9.53 Å². The van der Waals surface area contributed by atoms with E-state index in [2.05, 4.69) is 11.8 Å². The number of hydrogen-bond acceptors (Lipinski definition) is 3. The molecule has 0 aromatic rings. The predicted molar refractivity (Wildman–Crippen MR) is 87.5 cm³/mol. The Morgan fingerprint density at radius 2 is 1.68 bits per heavy atom. The number of morpholine rings is 1. The first-order chi connectivity index (χ1) is 10.6. The zero-order valence-corrected chi connectivity index (χ0v) is 14.1. The van der Waals surface area contributed by atoms with Crippen LogP contribution in [-0.4, -0.2) is 42.6 Å². The number of primary amides is 1. The first kappa shape index (κ1) is 16.3. The van der Waals surface area contributed by atoms with Crippen LogP contribution >= 0.6 is 0 Å². The average Bonchev–Trinajstić information content (AvgIpc) is 2.57. The molecule has 2 saturated carbocycles. The van der Waals surface area contributed by atoms with Crippen molar-refractivity contribution in [3.63, 3.8) is 0 Å². The van der Waals surface area contributed by atoms with Gasteiger partial charge in [-0.05, 0) is 38.5 Å². The van der Waals surface area contributed by atoms with Gasteiger partial charge >= 0.3 is 0 Å². The van der Waals surface area contributed by atoms with Crippen molar-refractivity contribution in [2.24, 2.45) is 17.1 Å². The molecule has 2 atom stereocenters. The highest BCUT2D eigenvalue weighted by Crippen LogP contribution is 2.55. The van der Waals surface area contributed by atoms with Crippen LogP contribution < -0.4 is 5.73 Å². The smallest absolute Gasteiger partial charge is 0.225 e. The molecule has 0 radical (unpaired) electrons. The third kappa shape index (κ3) is 2.48. The van der Waals surface area contributed by atoms with E-state index in [1.165, 1.54) is 38.5 Å². The van der Waals surface area contributed by atoms with Crippen LogP contribution in [0.4, 0.5) is 0 Å². The summed E-state index contributed by atoms with van der Waals surface area (Å²) in [6.45, 7) is 5.67. The highest BCUT2D eigenvalue weighted by atomic mass is 16.5. The largest absolute Gasteiger partial charge is 0.379 e. The van der Waals surface area contributed by atoms with E-state index in [4.69, 9.17) is 10.5 Å². The molecule has 1 saturated heterocycles. The van der Waals surface area contributed by atoms with Crippen LogP contribution in [0.1, 0.15) is 64.7 Å². The first-order valence-corrected chi connectivity index (χ1v) is 9.24. The molecule has 2 aliphatic carbocycles. The van der Waals surface area contributed by atoms with Gasteiger partial charge in [0.15, 0.2) is 0 Å². The van der Waals surface area contributed by atoms with Gasteiger partial charge in [0.05, 0.1) is 18.6 Å². The zero-order chi connectivity index (χ0) is 15.6. The number of hydrogen-bond donors (Lipinski definition) is 1. The van der Waals surface area contributed by atoms with E-state index in [1.807, 2.05) is 0 Å². The third-order valence-corrected chi connectivity index (χ3v) is 6.84. The second-order valence-electron chi connectivity index (χ2n) is 7.76. The minimum atomic E-state index is -0.384. The Hall–Kier alpha value is -0.610. The molecule has 1 aliphatic heterocycles. The van der Waals surface area contributed by atoms with Crippen molar-refractivity contribution >= 4 is 5.91 Å². The summed E-state index contributed by atoms with van der Waals surface area (Å²) < 4.78 is 5.59. The number of carbonyl (C=O) groups is 1. The molecule has 4 heteroatoms. The SMILES string of the molecule is CC1(C(N)=O)CCCCC1(C1CCCCC1)N1CCOCC1. The fourth-order valence-electron chi connectivity index (χ4n) is 5.66. The standard InChI is InChI=1S/C18H32N2O2/c1-17(16(19)21)9-5-6-10-18(17,15-7-3-2-4-8-15)20-11-13-22-14-12-20/h15H,2-14H2,1H3,(H2,19,21). The minimum absolute atomic E-state index is 0.0265. The Kier molecular flexibility index (Phi) is 4.79. The van der Waals surface area contributed by atoms with Crippen LogP contribution in [0.3, 0.4) is 0 Å². The molecule has 3 aliphatic rings. The van der Waals surface area contributed by atoms with Gasteiger partial charge in [0, 0.05) is 18.6 Å². The van der Waals surface area contributed by atoms with Crippen LogP contribution in [0.5, 0.6) is 0 Å². The van der Waals surface area contributed by atoms with Crippen molar-refractivity contribution in [2.75, 3.05) is 26.3 Å². The molecule has 3 fully saturated rings. The van der Waals surface area contributed by atoms with Crippen LogP contribution in [0.25, 0.3) is 0 Å². The Morgan fingerprint density at radius 3 is 2.32 bits per heavy atom. The molecule has 22 heavy (non-hydrogen) atoms. The lowest BCUT2D eigenvalue weighted by Crippen LogP contribution is -2.70. The summed E-state index contributed by atoms with van der Waals surface area (Å²) in [6.07, 6.45) is 11.0. The lowest BCUT2D eigenvalue weighted by atomic mass is 9.53. The number of nitrogens with zero attached hydrogens (tertiary/aromatic N) is 1. The fraction of sp³-hybridized carbons (Fsp3) is 0.944. The third-order valence-electron chi connectivity index (χ3n) is 6.84. The average molecular weight is 308 g/mol. The summed E-state index contributed by atoms with van der Waals surface area (Å²) in [5, 5.41) is 0. The zero-order valence-electron chi connectivity index (χ0n) is 14.1. The maximum absolute atomic E-state index is 12.5. The first-order valence-electron chi connectivity index (χ1n) is 9.24. The van der Waals surface area contributed by atoms with Gasteiger partial charge in [-0.15, -0.1) is 0 Å². The van der Waals surface area contributed by atoms with E-state index >= 15 is 0 Å².